The number of nitrogens with one attached hydrogen (secondary N) is 1. The molecule has 3 nitrogen and oxygen atoms in total. The van der Waals surface area contributed by atoms with Crippen LogP contribution in [0.3, 0.4) is 0 Å². The summed E-state index contributed by atoms with van der Waals surface area (Å²) in [6.07, 6.45) is 2.61. The van der Waals surface area contributed by atoms with Gasteiger partial charge >= 0.3 is 0 Å². The van der Waals surface area contributed by atoms with Crippen LogP contribution in [0.25, 0.3) is 11.3 Å². The van der Waals surface area contributed by atoms with Gasteiger partial charge in [-0.15, -0.1) is 23.7 Å². The Kier molecular flexibility index (Phi) is 5.75. The van der Waals surface area contributed by atoms with Crippen LogP contribution in [0.5, 0.6) is 0 Å². The van der Waals surface area contributed by atoms with Gasteiger partial charge in [-0.05, 0) is 49.5 Å². The van der Waals surface area contributed by atoms with Crippen molar-refractivity contribution in [3.63, 3.8) is 0 Å². The highest BCUT2D eigenvalue weighted by atomic mass is 35.5. The van der Waals surface area contributed by atoms with Crippen LogP contribution in [0.2, 0.25) is 10.0 Å². The van der Waals surface area contributed by atoms with Crippen LogP contribution in [0.1, 0.15) is 17.8 Å². The van der Waals surface area contributed by atoms with Gasteiger partial charge in [-0.3, -0.25) is 4.90 Å². The maximum Gasteiger partial charge on any atom is 0.107 e. The van der Waals surface area contributed by atoms with Crippen molar-refractivity contribution in [2.45, 2.75) is 19.4 Å². The molecule has 0 aliphatic carbocycles. The molecule has 0 bridgehead atoms. The first-order valence-electron chi connectivity index (χ1n) is 7.97. The third kappa shape index (κ3) is 3.74. The first kappa shape index (κ1) is 18.4. The molecule has 1 atom stereocenters. The Labute approximate surface area is 162 Å². The molecule has 1 N–H and O–H groups in total. The van der Waals surface area contributed by atoms with Gasteiger partial charge in [-0.25, -0.2) is 4.98 Å². The van der Waals surface area contributed by atoms with Crippen molar-refractivity contribution in [2.24, 2.45) is 5.41 Å². The summed E-state index contributed by atoms with van der Waals surface area (Å²) < 4.78 is 0. The average Bonchev–Trinajstić information content (AvgIpc) is 3.26. The van der Waals surface area contributed by atoms with Crippen LogP contribution in [-0.2, 0) is 6.54 Å². The molecule has 2 fully saturated rings. The highest BCUT2D eigenvalue weighted by molar-refractivity contribution is 7.09. The monoisotopic (exact) mass is 403 g/mol. The number of thiazole rings is 1. The minimum Gasteiger partial charge on any atom is -0.316 e. The van der Waals surface area contributed by atoms with E-state index in [0.29, 0.717) is 15.5 Å². The third-order valence-electron chi connectivity index (χ3n) is 4.96. The van der Waals surface area contributed by atoms with Gasteiger partial charge in [0.05, 0.1) is 17.3 Å². The SMILES string of the molecule is Cl.Clc1ccc(Cl)c(-c2csc(CN3CCC4(CCNC4)C3)n2)c1. The number of nitrogens with zero attached hydrogens (tertiary/aromatic N) is 2. The van der Waals surface area contributed by atoms with E-state index in [1.165, 1.54) is 39.0 Å². The lowest BCUT2D eigenvalue weighted by Gasteiger charge is -2.22. The first-order chi connectivity index (χ1) is 11.1. The zero-order valence-corrected chi connectivity index (χ0v) is 16.4. The van der Waals surface area contributed by atoms with Crippen molar-refractivity contribution in [2.75, 3.05) is 26.2 Å². The summed E-state index contributed by atoms with van der Waals surface area (Å²) in [5.74, 6) is 0. The topological polar surface area (TPSA) is 28.2 Å². The Morgan fingerprint density at radius 2 is 2.17 bits per heavy atom. The molecule has 1 spiro atoms. The summed E-state index contributed by atoms with van der Waals surface area (Å²) in [5.41, 5.74) is 2.35. The van der Waals surface area contributed by atoms with Gasteiger partial charge in [-0.2, -0.15) is 0 Å². The molecule has 0 radical (unpaired) electrons. The van der Waals surface area contributed by atoms with Gasteiger partial charge in [0.1, 0.15) is 5.01 Å². The third-order valence-corrected chi connectivity index (χ3v) is 6.36. The molecule has 2 saturated heterocycles. The molecule has 1 unspecified atom stereocenters. The fourth-order valence-corrected chi connectivity index (χ4v) is 4.92. The van der Waals surface area contributed by atoms with Gasteiger partial charge in [-0.1, -0.05) is 23.2 Å². The lowest BCUT2D eigenvalue weighted by molar-refractivity contribution is 0.268. The van der Waals surface area contributed by atoms with Crippen LogP contribution < -0.4 is 5.32 Å². The summed E-state index contributed by atoms with van der Waals surface area (Å²) in [4.78, 5) is 7.32. The fourth-order valence-electron chi connectivity index (χ4n) is 3.70. The molecule has 1 aromatic heterocycles. The van der Waals surface area contributed by atoms with Crippen LogP contribution in [0.15, 0.2) is 23.6 Å². The minimum absolute atomic E-state index is 0. The summed E-state index contributed by atoms with van der Waals surface area (Å²) in [5, 5.41) is 8.13. The quantitative estimate of drug-likeness (QED) is 0.802. The highest BCUT2D eigenvalue weighted by Gasteiger charge is 2.40. The van der Waals surface area contributed by atoms with E-state index >= 15 is 0 Å². The van der Waals surface area contributed by atoms with E-state index < -0.39 is 0 Å². The predicted octanol–water partition coefficient (Wildman–Crippen LogP) is 4.72. The van der Waals surface area contributed by atoms with Crippen LogP contribution in [0.4, 0.5) is 0 Å². The first-order valence-corrected chi connectivity index (χ1v) is 9.60. The predicted molar refractivity (Wildman–Crippen MR) is 105 cm³/mol. The number of rotatable bonds is 3. The zero-order chi connectivity index (χ0) is 15.9. The molecule has 2 aliphatic rings. The largest absolute Gasteiger partial charge is 0.316 e. The Hall–Kier alpha value is -0.360. The van der Waals surface area contributed by atoms with E-state index in [9.17, 15) is 0 Å². The number of hydrogen-bond donors (Lipinski definition) is 1. The van der Waals surface area contributed by atoms with E-state index in [1.54, 1.807) is 17.4 Å². The maximum absolute atomic E-state index is 6.28. The average molecular weight is 405 g/mol. The fraction of sp³-hybridized carbons (Fsp3) is 0.471. The Balaban J connectivity index is 0.00000169. The van der Waals surface area contributed by atoms with E-state index in [2.05, 4.69) is 15.6 Å². The number of benzene rings is 1. The summed E-state index contributed by atoms with van der Waals surface area (Å²) >= 11 is 14.1. The van der Waals surface area contributed by atoms with Crippen molar-refractivity contribution in [1.82, 2.24) is 15.2 Å². The standard InChI is InChI=1S/C17H19Cl2N3S.ClH/c18-12-1-2-14(19)13(7-12)15-9-23-16(21-15)8-22-6-4-17(11-22)3-5-20-10-17;/h1-2,7,9,20H,3-6,8,10-11H2;1H. The second-order valence-electron chi connectivity index (χ2n) is 6.64. The van der Waals surface area contributed by atoms with E-state index in [1.807, 2.05) is 12.1 Å². The lowest BCUT2D eigenvalue weighted by atomic mass is 9.87. The second-order valence-corrected chi connectivity index (χ2v) is 8.42. The van der Waals surface area contributed by atoms with Crippen molar-refractivity contribution in [1.29, 1.82) is 0 Å². The van der Waals surface area contributed by atoms with Crippen molar-refractivity contribution in [3.05, 3.63) is 38.6 Å². The highest BCUT2D eigenvalue weighted by Crippen LogP contribution is 2.37. The lowest BCUT2D eigenvalue weighted by Crippen LogP contribution is -2.28. The van der Waals surface area contributed by atoms with Crippen molar-refractivity contribution >= 4 is 46.9 Å². The van der Waals surface area contributed by atoms with E-state index in [4.69, 9.17) is 28.2 Å². The van der Waals surface area contributed by atoms with Gasteiger partial charge in [0.15, 0.2) is 0 Å². The molecule has 0 saturated carbocycles. The number of hydrogen-bond acceptors (Lipinski definition) is 4. The Morgan fingerprint density at radius 3 is 2.96 bits per heavy atom. The second kappa shape index (κ2) is 7.48. The number of likely N-dealkylation sites (tertiary alicyclic amines) is 1. The molecule has 2 aliphatic heterocycles. The molecular weight excluding hydrogens is 385 g/mol. The molecule has 3 heterocycles. The van der Waals surface area contributed by atoms with Gasteiger partial charge in [0, 0.05) is 29.1 Å². The minimum atomic E-state index is 0. The maximum atomic E-state index is 6.28. The molecule has 24 heavy (non-hydrogen) atoms. The van der Waals surface area contributed by atoms with Crippen LogP contribution >= 0.6 is 46.9 Å². The zero-order valence-electron chi connectivity index (χ0n) is 13.2. The summed E-state index contributed by atoms with van der Waals surface area (Å²) in [6.45, 7) is 5.64. The summed E-state index contributed by atoms with van der Waals surface area (Å²) in [7, 11) is 0. The number of halogens is 3. The normalized spacial score (nSPS) is 23.8. The van der Waals surface area contributed by atoms with Gasteiger partial charge in [0.25, 0.3) is 0 Å². The molecule has 7 heteroatoms. The smallest absolute Gasteiger partial charge is 0.107 e. The Morgan fingerprint density at radius 1 is 1.29 bits per heavy atom. The molecule has 1 aromatic carbocycles. The molecule has 4 rings (SSSR count). The van der Waals surface area contributed by atoms with Crippen molar-refractivity contribution < 1.29 is 0 Å². The number of aromatic nitrogens is 1. The van der Waals surface area contributed by atoms with E-state index in [0.717, 1.165) is 22.8 Å². The van der Waals surface area contributed by atoms with Crippen molar-refractivity contribution in [3.8, 4) is 11.3 Å². The molecule has 2 aromatic rings. The van der Waals surface area contributed by atoms with Crippen LogP contribution in [-0.4, -0.2) is 36.1 Å². The van der Waals surface area contributed by atoms with Gasteiger partial charge < -0.3 is 5.32 Å². The molecule has 0 amide bonds. The van der Waals surface area contributed by atoms with Gasteiger partial charge in [0.2, 0.25) is 0 Å². The van der Waals surface area contributed by atoms with Crippen LogP contribution in [0, 0.1) is 5.41 Å². The molecular formula is C17H20Cl3N3S. The molecule has 130 valence electrons. The summed E-state index contributed by atoms with van der Waals surface area (Å²) in [6, 6.07) is 5.52. The Bertz CT molecular complexity index is 713. The van der Waals surface area contributed by atoms with E-state index in [-0.39, 0.29) is 12.4 Å².